The van der Waals surface area contributed by atoms with Crippen molar-refractivity contribution in [3.05, 3.63) is 48.5 Å². The Morgan fingerprint density at radius 1 is 1.00 bits per heavy atom. The predicted molar refractivity (Wildman–Crippen MR) is 110 cm³/mol. The van der Waals surface area contributed by atoms with Crippen molar-refractivity contribution in [1.82, 2.24) is 0 Å². The van der Waals surface area contributed by atoms with Crippen LogP contribution in [0.2, 0.25) is 0 Å². The molecule has 0 atom stereocenters. The fraction of sp³-hybridized carbons (Fsp3) is 0.316. The summed E-state index contributed by atoms with van der Waals surface area (Å²) >= 11 is 2.36. The van der Waals surface area contributed by atoms with Gasteiger partial charge in [0.2, 0.25) is 0 Å². The van der Waals surface area contributed by atoms with Crippen LogP contribution in [0.25, 0.3) is 0 Å². The summed E-state index contributed by atoms with van der Waals surface area (Å²) in [5.41, 5.74) is 2.59. The van der Waals surface area contributed by atoms with Crippen LogP contribution in [-0.2, 0) is 4.79 Å². The molecule has 6 heteroatoms. The summed E-state index contributed by atoms with van der Waals surface area (Å²) in [5, 5.41) is 17.6. The van der Waals surface area contributed by atoms with Crippen LogP contribution in [0, 0.1) is 0 Å². The molecule has 0 fully saturated rings. The van der Waals surface area contributed by atoms with Crippen molar-refractivity contribution in [2.45, 2.75) is 19.8 Å². The Balaban J connectivity index is 2.00. The van der Waals surface area contributed by atoms with E-state index in [-0.39, 0.29) is 11.5 Å². The lowest BCUT2D eigenvalue weighted by molar-refractivity contribution is -0.117. The van der Waals surface area contributed by atoms with Crippen molar-refractivity contribution in [3.63, 3.8) is 0 Å². The van der Waals surface area contributed by atoms with Crippen LogP contribution in [0.5, 0.6) is 5.75 Å². The number of carbonyl (C=O) groups excluding carboxylic acids is 1. The normalized spacial score (nSPS) is 11.0. The minimum atomic E-state index is 0.212. The number of hydrogen-bond donors (Lipinski definition) is 1. The first-order valence-corrected chi connectivity index (χ1v) is 9.72. The van der Waals surface area contributed by atoms with Gasteiger partial charge >= 0.3 is 0 Å². The van der Waals surface area contributed by atoms with Gasteiger partial charge in [-0.25, -0.2) is 0 Å². The maximum Gasteiger partial charge on any atom is 0.129 e. The lowest BCUT2D eigenvalue weighted by Crippen LogP contribution is -2.26. The molecule has 0 radical (unpaired) electrons. The van der Waals surface area contributed by atoms with Crippen molar-refractivity contribution < 1.29 is 9.90 Å². The number of aromatic hydroxyl groups is 1. The zero-order valence-electron chi connectivity index (χ0n) is 14.2. The maximum absolute atomic E-state index is 11.1. The van der Waals surface area contributed by atoms with Crippen LogP contribution in [-0.4, -0.2) is 28.4 Å². The number of nitrogens with zero attached hydrogens (tertiary/aromatic N) is 3. The highest BCUT2D eigenvalue weighted by Crippen LogP contribution is 2.23. The number of benzene rings is 2. The number of anilines is 1. The SMILES string of the molecule is CC(=O)CCCN(CCI)c1ccc(N=Nc2ccc(O)cc2)cc1. The van der Waals surface area contributed by atoms with Crippen molar-refractivity contribution >= 4 is 45.4 Å². The minimum Gasteiger partial charge on any atom is -0.508 e. The minimum absolute atomic E-state index is 0.212. The van der Waals surface area contributed by atoms with Gasteiger partial charge in [0.15, 0.2) is 0 Å². The van der Waals surface area contributed by atoms with Gasteiger partial charge in [0.05, 0.1) is 11.4 Å². The predicted octanol–water partition coefficient (Wildman–Crippen LogP) is 5.42. The second kappa shape index (κ2) is 10.1. The molecule has 0 saturated carbocycles. The average Bonchev–Trinajstić information content (AvgIpc) is 2.61. The Morgan fingerprint density at radius 2 is 1.56 bits per heavy atom. The van der Waals surface area contributed by atoms with E-state index in [1.807, 2.05) is 24.3 Å². The lowest BCUT2D eigenvalue weighted by Gasteiger charge is -2.23. The number of rotatable bonds is 9. The topological polar surface area (TPSA) is 65.3 Å². The van der Waals surface area contributed by atoms with Crippen LogP contribution < -0.4 is 4.90 Å². The fourth-order valence-corrected chi connectivity index (χ4v) is 2.94. The third kappa shape index (κ3) is 6.81. The molecule has 0 aromatic heterocycles. The second-order valence-electron chi connectivity index (χ2n) is 5.71. The summed E-state index contributed by atoms with van der Waals surface area (Å²) in [7, 11) is 0. The molecule has 0 unspecified atom stereocenters. The van der Waals surface area contributed by atoms with Crippen molar-refractivity contribution in [1.29, 1.82) is 0 Å². The number of hydrogen-bond acceptors (Lipinski definition) is 5. The molecule has 2 rings (SSSR count). The second-order valence-corrected chi connectivity index (χ2v) is 6.79. The Kier molecular flexibility index (Phi) is 7.84. The number of phenols is 1. The van der Waals surface area contributed by atoms with Crippen molar-refractivity contribution in [2.24, 2.45) is 10.2 Å². The van der Waals surface area contributed by atoms with Crippen molar-refractivity contribution in [2.75, 3.05) is 22.4 Å². The van der Waals surface area contributed by atoms with E-state index in [1.54, 1.807) is 31.2 Å². The van der Waals surface area contributed by atoms with Crippen LogP contribution in [0.15, 0.2) is 58.8 Å². The molecular formula is C19H22IN3O2. The van der Waals surface area contributed by atoms with E-state index in [2.05, 4.69) is 37.7 Å². The summed E-state index contributed by atoms with van der Waals surface area (Å²) in [6, 6.07) is 14.5. The van der Waals surface area contributed by atoms with Crippen LogP contribution in [0.4, 0.5) is 17.1 Å². The summed E-state index contributed by atoms with van der Waals surface area (Å²) < 4.78 is 1.03. The summed E-state index contributed by atoms with van der Waals surface area (Å²) in [6.07, 6.45) is 1.49. The quantitative estimate of drug-likeness (QED) is 0.315. The largest absolute Gasteiger partial charge is 0.508 e. The Hall–Kier alpha value is -1.96. The maximum atomic E-state index is 11.1. The van der Waals surface area contributed by atoms with E-state index in [0.29, 0.717) is 12.1 Å². The van der Waals surface area contributed by atoms with E-state index in [4.69, 9.17) is 0 Å². The first-order valence-electron chi connectivity index (χ1n) is 8.19. The van der Waals surface area contributed by atoms with Gasteiger partial charge in [0.25, 0.3) is 0 Å². The van der Waals surface area contributed by atoms with Gasteiger partial charge in [-0.1, -0.05) is 22.6 Å². The van der Waals surface area contributed by atoms with Crippen LogP contribution >= 0.6 is 22.6 Å². The zero-order chi connectivity index (χ0) is 18.1. The highest BCUT2D eigenvalue weighted by molar-refractivity contribution is 14.1. The standard InChI is InChI=1S/C19H22IN3O2/c1-15(24)3-2-13-23(14-12-20)18-8-4-16(5-9-18)21-22-17-6-10-19(25)11-7-17/h4-11,25H,2-3,12-14H2,1H3. The van der Waals surface area contributed by atoms with E-state index in [0.717, 1.165) is 35.3 Å². The van der Waals surface area contributed by atoms with E-state index in [9.17, 15) is 9.90 Å². The van der Waals surface area contributed by atoms with Gasteiger partial charge in [0, 0.05) is 29.6 Å². The van der Waals surface area contributed by atoms with Crippen LogP contribution in [0.1, 0.15) is 19.8 Å². The molecule has 25 heavy (non-hydrogen) atoms. The first kappa shape index (κ1) is 19.4. The van der Waals surface area contributed by atoms with E-state index >= 15 is 0 Å². The molecule has 0 bridgehead atoms. The van der Waals surface area contributed by atoms with Gasteiger partial charge < -0.3 is 14.8 Å². The van der Waals surface area contributed by atoms with E-state index in [1.165, 1.54) is 0 Å². The number of azo groups is 1. The third-order valence-electron chi connectivity index (χ3n) is 3.66. The Morgan fingerprint density at radius 3 is 2.08 bits per heavy atom. The molecular weight excluding hydrogens is 429 g/mol. The number of ketones is 1. The lowest BCUT2D eigenvalue weighted by atomic mass is 10.2. The van der Waals surface area contributed by atoms with E-state index < -0.39 is 0 Å². The Labute approximate surface area is 161 Å². The summed E-state index contributed by atoms with van der Waals surface area (Å²) in [5.74, 6) is 0.447. The highest BCUT2D eigenvalue weighted by atomic mass is 127. The molecule has 0 aliphatic carbocycles. The summed E-state index contributed by atoms with van der Waals surface area (Å²) in [6.45, 7) is 3.46. The third-order valence-corrected chi connectivity index (χ3v) is 4.14. The molecule has 0 heterocycles. The fourth-order valence-electron chi connectivity index (χ4n) is 2.36. The number of alkyl halides is 1. The molecule has 2 aromatic rings. The van der Waals surface area contributed by atoms with Gasteiger partial charge in [-0.2, -0.15) is 10.2 Å². The van der Waals surface area contributed by atoms with Gasteiger partial charge in [-0.05, 0) is 61.9 Å². The molecule has 0 saturated heterocycles. The average molecular weight is 451 g/mol. The molecule has 1 N–H and O–H groups in total. The van der Waals surface area contributed by atoms with Gasteiger partial charge in [0.1, 0.15) is 11.5 Å². The van der Waals surface area contributed by atoms with Gasteiger partial charge in [-0.3, -0.25) is 0 Å². The molecule has 2 aromatic carbocycles. The molecule has 132 valence electrons. The first-order chi connectivity index (χ1) is 12.1. The molecule has 0 amide bonds. The van der Waals surface area contributed by atoms with Gasteiger partial charge in [-0.15, -0.1) is 0 Å². The monoisotopic (exact) mass is 451 g/mol. The highest BCUT2D eigenvalue weighted by Gasteiger charge is 2.06. The molecule has 0 spiro atoms. The smallest absolute Gasteiger partial charge is 0.129 e. The Bertz CT molecular complexity index is 700. The van der Waals surface area contributed by atoms with Crippen LogP contribution in [0.3, 0.4) is 0 Å². The molecule has 0 aliphatic heterocycles. The summed E-state index contributed by atoms with van der Waals surface area (Å²) in [4.78, 5) is 13.4. The number of phenolic OH excluding ortho intramolecular Hbond substituents is 1. The zero-order valence-corrected chi connectivity index (χ0v) is 16.4. The number of carbonyl (C=O) groups is 1. The number of Topliss-reactive ketones (excluding diaryl/α,β-unsaturated/α-hetero) is 1. The van der Waals surface area contributed by atoms with Crippen molar-refractivity contribution in [3.8, 4) is 5.75 Å². The molecule has 5 nitrogen and oxygen atoms in total. The number of halogens is 1. The molecule has 0 aliphatic rings.